The van der Waals surface area contributed by atoms with Gasteiger partial charge in [-0.1, -0.05) is 12.1 Å². The molecule has 1 atom stereocenters. The average molecular weight is 197 g/mol. The Morgan fingerprint density at radius 1 is 1.50 bits per heavy atom. The predicted octanol–water partition coefficient (Wildman–Crippen LogP) is 0.567. The van der Waals surface area contributed by atoms with E-state index >= 15 is 0 Å². The maximum Gasteiger partial charge on any atom is 0.162 e. The van der Waals surface area contributed by atoms with Crippen molar-refractivity contribution in [1.82, 2.24) is 0 Å². The highest BCUT2D eigenvalue weighted by Gasteiger charge is 2.24. The van der Waals surface area contributed by atoms with E-state index in [1.165, 1.54) is 7.11 Å². The summed E-state index contributed by atoms with van der Waals surface area (Å²) in [5.74, 6) is 0.335. The fraction of sp³-hybridized carbons (Fsp3) is 0.400. The number of para-hydroxylation sites is 1. The van der Waals surface area contributed by atoms with Gasteiger partial charge in [0.1, 0.15) is 0 Å². The van der Waals surface area contributed by atoms with E-state index in [4.69, 9.17) is 15.6 Å². The SMILES string of the molecule is COc1cccc([C@](C)(N)CO)c1O. The van der Waals surface area contributed by atoms with Crippen LogP contribution in [-0.2, 0) is 5.54 Å². The second-order valence-corrected chi connectivity index (χ2v) is 3.43. The van der Waals surface area contributed by atoms with Crippen LogP contribution in [0, 0.1) is 0 Å². The zero-order valence-electron chi connectivity index (χ0n) is 8.32. The summed E-state index contributed by atoms with van der Waals surface area (Å²) in [6, 6.07) is 5.01. The van der Waals surface area contributed by atoms with Crippen molar-refractivity contribution in [3.63, 3.8) is 0 Å². The topological polar surface area (TPSA) is 75.7 Å². The van der Waals surface area contributed by atoms with Crippen molar-refractivity contribution in [3.8, 4) is 11.5 Å². The molecule has 0 radical (unpaired) electrons. The molecule has 4 N–H and O–H groups in total. The fourth-order valence-corrected chi connectivity index (χ4v) is 1.23. The van der Waals surface area contributed by atoms with Gasteiger partial charge in [-0.25, -0.2) is 0 Å². The lowest BCUT2D eigenvalue weighted by Crippen LogP contribution is -2.36. The summed E-state index contributed by atoms with van der Waals surface area (Å²) in [6.07, 6.45) is 0. The predicted molar refractivity (Wildman–Crippen MR) is 53.3 cm³/mol. The van der Waals surface area contributed by atoms with Crippen LogP contribution in [0.4, 0.5) is 0 Å². The number of phenolic OH excluding ortho intramolecular Hbond substituents is 1. The molecule has 4 nitrogen and oxygen atoms in total. The highest BCUT2D eigenvalue weighted by Crippen LogP contribution is 2.34. The standard InChI is InChI=1S/C10H15NO3/c1-10(11,6-12)7-4-3-5-8(14-2)9(7)13/h3-5,12-13H,6,11H2,1-2H3/t10-/m1/s1. The Morgan fingerprint density at radius 2 is 2.14 bits per heavy atom. The van der Waals surface area contributed by atoms with Gasteiger partial charge in [0.05, 0.1) is 19.3 Å². The molecule has 0 amide bonds. The van der Waals surface area contributed by atoms with Gasteiger partial charge in [0, 0.05) is 5.56 Å². The van der Waals surface area contributed by atoms with Gasteiger partial charge in [-0.2, -0.15) is 0 Å². The fourth-order valence-electron chi connectivity index (χ4n) is 1.23. The van der Waals surface area contributed by atoms with Crippen LogP contribution < -0.4 is 10.5 Å². The summed E-state index contributed by atoms with van der Waals surface area (Å²) in [5.41, 5.74) is 5.31. The van der Waals surface area contributed by atoms with E-state index in [9.17, 15) is 5.11 Å². The van der Waals surface area contributed by atoms with E-state index in [0.29, 0.717) is 11.3 Å². The molecule has 0 bridgehead atoms. The Hall–Kier alpha value is -1.26. The van der Waals surface area contributed by atoms with E-state index in [1.807, 2.05) is 0 Å². The first-order valence-corrected chi connectivity index (χ1v) is 4.29. The quantitative estimate of drug-likeness (QED) is 0.662. The van der Waals surface area contributed by atoms with Gasteiger partial charge in [-0.05, 0) is 13.0 Å². The maximum absolute atomic E-state index is 9.74. The van der Waals surface area contributed by atoms with E-state index in [0.717, 1.165) is 0 Å². The summed E-state index contributed by atoms with van der Waals surface area (Å²) >= 11 is 0. The van der Waals surface area contributed by atoms with Crippen molar-refractivity contribution in [2.75, 3.05) is 13.7 Å². The minimum Gasteiger partial charge on any atom is -0.504 e. The molecule has 0 aliphatic rings. The Morgan fingerprint density at radius 3 is 2.64 bits per heavy atom. The van der Waals surface area contributed by atoms with Crippen LogP contribution in [0.15, 0.2) is 18.2 Å². The second kappa shape index (κ2) is 3.86. The van der Waals surface area contributed by atoms with Gasteiger partial charge in [0.2, 0.25) is 0 Å². The van der Waals surface area contributed by atoms with Crippen molar-refractivity contribution >= 4 is 0 Å². The number of aliphatic hydroxyl groups excluding tert-OH is 1. The third kappa shape index (κ3) is 1.81. The first-order valence-electron chi connectivity index (χ1n) is 4.29. The minimum absolute atomic E-state index is 0.0194. The lowest BCUT2D eigenvalue weighted by molar-refractivity contribution is 0.206. The molecule has 0 fully saturated rings. The van der Waals surface area contributed by atoms with Gasteiger partial charge < -0.3 is 20.7 Å². The second-order valence-electron chi connectivity index (χ2n) is 3.43. The summed E-state index contributed by atoms with van der Waals surface area (Å²) < 4.78 is 4.94. The summed E-state index contributed by atoms with van der Waals surface area (Å²) in [7, 11) is 1.46. The Balaban J connectivity index is 3.22. The van der Waals surface area contributed by atoms with E-state index in [-0.39, 0.29) is 12.4 Å². The molecule has 0 unspecified atom stereocenters. The number of methoxy groups -OCH3 is 1. The molecule has 4 heteroatoms. The van der Waals surface area contributed by atoms with Crippen LogP contribution in [0.2, 0.25) is 0 Å². The molecule has 0 saturated carbocycles. The number of hydrogen-bond donors (Lipinski definition) is 3. The van der Waals surface area contributed by atoms with Gasteiger partial charge in [0.25, 0.3) is 0 Å². The van der Waals surface area contributed by atoms with Crippen molar-refractivity contribution in [1.29, 1.82) is 0 Å². The van der Waals surface area contributed by atoms with E-state index in [1.54, 1.807) is 25.1 Å². The van der Waals surface area contributed by atoms with Crippen LogP contribution in [0.1, 0.15) is 12.5 Å². The highest BCUT2D eigenvalue weighted by molar-refractivity contribution is 5.48. The van der Waals surface area contributed by atoms with Crippen molar-refractivity contribution in [2.45, 2.75) is 12.5 Å². The third-order valence-electron chi connectivity index (χ3n) is 2.16. The van der Waals surface area contributed by atoms with Crippen molar-refractivity contribution in [2.24, 2.45) is 5.73 Å². The van der Waals surface area contributed by atoms with E-state index < -0.39 is 5.54 Å². The molecule has 1 aromatic carbocycles. The number of benzene rings is 1. The lowest BCUT2D eigenvalue weighted by atomic mass is 9.93. The average Bonchev–Trinajstić information content (AvgIpc) is 2.18. The molecular formula is C10H15NO3. The zero-order valence-corrected chi connectivity index (χ0v) is 8.32. The van der Waals surface area contributed by atoms with E-state index in [2.05, 4.69) is 0 Å². The highest BCUT2D eigenvalue weighted by atomic mass is 16.5. The maximum atomic E-state index is 9.74. The van der Waals surface area contributed by atoms with Crippen LogP contribution >= 0.6 is 0 Å². The zero-order chi connectivity index (χ0) is 10.8. The normalized spacial score (nSPS) is 14.9. The number of aliphatic hydroxyl groups is 1. The summed E-state index contributed by atoms with van der Waals surface area (Å²) in [4.78, 5) is 0. The largest absolute Gasteiger partial charge is 0.504 e. The van der Waals surface area contributed by atoms with Crippen LogP contribution in [0.25, 0.3) is 0 Å². The molecule has 1 rings (SSSR count). The molecule has 0 spiro atoms. The van der Waals surface area contributed by atoms with Crippen molar-refractivity contribution < 1.29 is 14.9 Å². The monoisotopic (exact) mass is 197 g/mol. The van der Waals surface area contributed by atoms with Crippen LogP contribution in [0.5, 0.6) is 11.5 Å². The molecule has 0 saturated heterocycles. The third-order valence-corrected chi connectivity index (χ3v) is 2.16. The molecule has 14 heavy (non-hydrogen) atoms. The van der Waals surface area contributed by atoms with Crippen LogP contribution in [-0.4, -0.2) is 23.9 Å². The smallest absolute Gasteiger partial charge is 0.162 e. The number of nitrogens with two attached hydrogens (primary N) is 1. The Labute approximate surface area is 82.9 Å². The summed E-state index contributed by atoms with van der Waals surface area (Å²) in [5, 5.41) is 18.8. The number of rotatable bonds is 3. The minimum atomic E-state index is -0.960. The molecule has 78 valence electrons. The number of ether oxygens (including phenoxy) is 1. The number of hydrogen-bond acceptors (Lipinski definition) is 4. The Kier molecular flexibility index (Phi) is 2.98. The molecule has 0 aromatic heterocycles. The first-order chi connectivity index (χ1) is 6.53. The summed E-state index contributed by atoms with van der Waals surface area (Å²) in [6.45, 7) is 1.40. The van der Waals surface area contributed by atoms with Gasteiger partial charge in [-0.3, -0.25) is 0 Å². The Bertz CT molecular complexity index is 323. The molecule has 1 aromatic rings. The van der Waals surface area contributed by atoms with Gasteiger partial charge >= 0.3 is 0 Å². The van der Waals surface area contributed by atoms with Crippen LogP contribution in [0.3, 0.4) is 0 Å². The molecular weight excluding hydrogens is 182 g/mol. The lowest BCUT2D eigenvalue weighted by Gasteiger charge is -2.23. The first kappa shape index (κ1) is 10.8. The van der Waals surface area contributed by atoms with Crippen molar-refractivity contribution in [3.05, 3.63) is 23.8 Å². The number of phenols is 1. The van der Waals surface area contributed by atoms with Gasteiger partial charge in [-0.15, -0.1) is 0 Å². The molecule has 0 aliphatic carbocycles. The van der Waals surface area contributed by atoms with Gasteiger partial charge in [0.15, 0.2) is 11.5 Å². The molecule has 0 heterocycles. The number of aromatic hydroxyl groups is 1. The molecule has 0 aliphatic heterocycles.